The Bertz CT molecular complexity index is 942. The molecule has 26 heavy (non-hydrogen) atoms. The van der Waals surface area contributed by atoms with Crippen molar-refractivity contribution in [1.29, 1.82) is 0 Å². The van der Waals surface area contributed by atoms with Crippen LogP contribution in [0, 0.1) is 23.3 Å². The van der Waals surface area contributed by atoms with Crippen LogP contribution in [0.25, 0.3) is 11.5 Å². The zero-order chi connectivity index (χ0) is 18.7. The summed E-state index contributed by atoms with van der Waals surface area (Å²) >= 11 is 0. The number of halogens is 4. The van der Waals surface area contributed by atoms with Gasteiger partial charge in [0.05, 0.1) is 5.56 Å². The molecule has 1 N–H and O–H groups in total. The molecule has 0 atom stereocenters. The summed E-state index contributed by atoms with van der Waals surface area (Å²) < 4.78 is 57.8. The number of hydrogen-bond donors (Lipinski definition) is 1. The van der Waals surface area contributed by atoms with Crippen LogP contribution in [0.3, 0.4) is 0 Å². The van der Waals surface area contributed by atoms with Gasteiger partial charge < -0.3 is 9.73 Å². The molecule has 0 aliphatic rings. The monoisotopic (exact) mass is 365 g/mol. The van der Waals surface area contributed by atoms with E-state index >= 15 is 0 Å². The molecule has 9 heteroatoms. The smallest absolute Gasteiger partial charge is 0.254 e. The van der Waals surface area contributed by atoms with Gasteiger partial charge in [-0.2, -0.15) is 0 Å². The zero-order valence-electron chi connectivity index (χ0n) is 13.1. The van der Waals surface area contributed by atoms with E-state index in [4.69, 9.17) is 4.42 Å². The molecule has 0 spiro atoms. The van der Waals surface area contributed by atoms with E-state index in [2.05, 4.69) is 15.5 Å². The molecule has 0 fully saturated rings. The topological polar surface area (TPSA) is 68.0 Å². The fraction of sp³-hybridized carbons (Fsp3) is 0.118. The molecule has 0 radical (unpaired) electrons. The molecule has 0 aliphatic carbocycles. The first-order valence-electron chi connectivity index (χ1n) is 7.45. The molecule has 0 saturated carbocycles. The molecule has 1 aromatic heterocycles. The Labute approximate surface area is 144 Å². The molecule has 0 bridgehead atoms. The first-order chi connectivity index (χ1) is 12.5. The standard InChI is InChI=1S/C17H11F4N3O2/c18-10-3-1-9(2-4-10)17-24-23-13(26-17)7-8-22-16(25)11-5-6-12(19)15(21)14(11)20/h1-6H,7-8H2,(H,22,25). The minimum Gasteiger partial charge on any atom is -0.421 e. The Kier molecular flexibility index (Phi) is 4.97. The summed E-state index contributed by atoms with van der Waals surface area (Å²) in [6, 6.07) is 6.95. The molecule has 3 rings (SSSR count). The van der Waals surface area contributed by atoms with Crippen molar-refractivity contribution in [2.45, 2.75) is 6.42 Å². The number of aromatic nitrogens is 2. The molecule has 5 nitrogen and oxygen atoms in total. The van der Waals surface area contributed by atoms with Crippen molar-refractivity contribution >= 4 is 5.91 Å². The molecular formula is C17H11F4N3O2. The van der Waals surface area contributed by atoms with Crippen LogP contribution in [0.4, 0.5) is 17.6 Å². The number of nitrogens with zero attached hydrogens (tertiary/aromatic N) is 2. The first kappa shape index (κ1) is 17.6. The summed E-state index contributed by atoms with van der Waals surface area (Å²) in [6.45, 7) is 0.00230. The van der Waals surface area contributed by atoms with Gasteiger partial charge in [-0.05, 0) is 36.4 Å². The van der Waals surface area contributed by atoms with Crippen molar-refractivity contribution in [1.82, 2.24) is 15.5 Å². The first-order valence-corrected chi connectivity index (χ1v) is 7.45. The number of carbonyl (C=O) groups excluding carboxylic acids is 1. The molecule has 2 aromatic carbocycles. The van der Waals surface area contributed by atoms with Crippen LogP contribution in [0.5, 0.6) is 0 Å². The van der Waals surface area contributed by atoms with E-state index in [1.54, 1.807) is 0 Å². The molecule has 1 heterocycles. The van der Waals surface area contributed by atoms with Crippen LogP contribution in [0.2, 0.25) is 0 Å². The summed E-state index contributed by atoms with van der Waals surface area (Å²) in [7, 11) is 0. The van der Waals surface area contributed by atoms with Crippen LogP contribution in [-0.4, -0.2) is 22.6 Å². The lowest BCUT2D eigenvalue weighted by Crippen LogP contribution is -2.27. The third kappa shape index (κ3) is 3.71. The summed E-state index contributed by atoms with van der Waals surface area (Å²) in [5, 5.41) is 9.93. The van der Waals surface area contributed by atoms with E-state index in [1.807, 2.05) is 0 Å². The molecule has 1 amide bonds. The second-order valence-corrected chi connectivity index (χ2v) is 5.24. The van der Waals surface area contributed by atoms with E-state index in [0.717, 1.165) is 6.07 Å². The predicted octanol–water partition coefficient (Wildman–Crippen LogP) is 3.27. The van der Waals surface area contributed by atoms with Crippen molar-refractivity contribution < 1.29 is 26.8 Å². The van der Waals surface area contributed by atoms with Gasteiger partial charge in [0.15, 0.2) is 17.5 Å². The van der Waals surface area contributed by atoms with Gasteiger partial charge in [-0.3, -0.25) is 4.79 Å². The lowest BCUT2D eigenvalue weighted by molar-refractivity contribution is 0.0948. The molecule has 0 saturated heterocycles. The maximum absolute atomic E-state index is 13.5. The minimum absolute atomic E-state index is 0.00230. The van der Waals surface area contributed by atoms with Crippen LogP contribution < -0.4 is 5.32 Å². The zero-order valence-corrected chi connectivity index (χ0v) is 13.1. The normalized spacial score (nSPS) is 10.8. The Morgan fingerprint density at radius 2 is 1.69 bits per heavy atom. The summed E-state index contributed by atoms with van der Waals surface area (Å²) in [6.07, 6.45) is 0.130. The van der Waals surface area contributed by atoms with Gasteiger partial charge in [0.2, 0.25) is 11.8 Å². The second kappa shape index (κ2) is 7.34. The largest absolute Gasteiger partial charge is 0.421 e. The Balaban J connectivity index is 1.59. The highest BCUT2D eigenvalue weighted by atomic mass is 19.2. The number of hydrogen-bond acceptors (Lipinski definition) is 4. The lowest BCUT2D eigenvalue weighted by Gasteiger charge is -2.05. The Morgan fingerprint density at radius 3 is 2.42 bits per heavy atom. The number of amides is 1. The van der Waals surface area contributed by atoms with Crippen molar-refractivity contribution in [2.24, 2.45) is 0 Å². The van der Waals surface area contributed by atoms with Gasteiger partial charge in [0.25, 0.3) is 5.91 Å². The Hall–Kier alpha value is -3.23. The van der Waals surface area contributed by atoms with Gasteiger partial charge in [0.1, 0.15) is 5.82 Å². The average molecular weight is 365 g/mol. The highest BCUT2D eigenvalue weighted by molar-refractivity contribution is 5.94. The van der Waals surface area contributed by atoms with Crippen LogP contribution in [-0.2, 0) is 6.42 Å². The molecule has 3 aromatic rings. The summed E-state index contributed by atoms with van der Waals surface area (Å²) in [4.78, 5) is 11.8. The van der Waals surface area contributed by atoms with Crippen molar-refractivity contribution in [3.05, 3.63) is 71.1 Å². The number of benzene rings is 2. The highest BCUT2D eigenvalue weighted by Crippen LogP contribution is 2.18. The molecule has 0 aliphatic heterocycles. The van der Waals surface area contributed by atoms with Gasteiger partial charge >= 0.3 is 0 Å². The van der Waals surface area contributed by atoms with Gasteiger partial charge in [-0.25, -0.2) is 17.6 Å². The highest BCUT2D eigenvalue weighted by Gasteiger charge is 2.18. The van der Waals surface area contributed by atoms with E-state index in [1.165, 1.54) is 24.3 Å². The van der Waals surface area contributed by atoms with Gasteiger partial charge in [-0.15, -0.1) is 10.2 Å². The SMILES string of the molecule is O=C(NCCc1nnc(-c2ccc(F)cc2)o1)c1ccc(F)c(F)c1F. The quantitative estimate of drug-likeness (QED) is 0.557. The van der Waals surface area contributed by atoms with E-state index in [9.17, 15) is 22.4 Å². The molecule has 134 valence electrons. The second-order valence-electron chi connectivity index (χ2n) is 5.24. The summed E-state index contributed by atoms with van der Waals surface area (Å²) in [5.41, 5.74) is -0.0838. The third-order valence-corrected chi connectivity index (χ3v) is 3.46. The fourth-order valence-electron chi connectivity index (χ4n) is 2.14. The fourth-order valence-corrected chi connectivity index (χ4v) is 2.14. The average Bonchev–Trinajstić information content (AvgIpc) is 3.09. The minimum atomic E-state index is -1.71. The van der Waals surface area contributed by atoms with E-state index < -0.39 is 34.7 Å². The van der Waals surface area contributed by atoms with Crippen molar-refractivity contribution in [3.8, 4) is 11.5 Å². The number of nitrogens with one attached hydrogen (secondary N) is 1. The molecule has 0 unspecified atom stereocenters. The third-order valence-electron chi connectivity index (χ3n) is 3.46. The maximum atomic E-state index is 13.5. The van der Waals surface area contributed by atoms with Gasteiger partial charge in [0, 0.05) is 18.5 Å². The van der Waals surface area contributed by atoms with E-state index in [-0.39, 0.29) is 24.7 Å². The number of carbonyl (C=O) groups is 1. The van der Waals surface area contributed by atoms with E-state index in [0.29, 0.717) is 11.6 Å². The van der Waals surface area contributed by atoms with Crippen LogP contribution >= 0.6 is 0 Å². The van der Waals surface area contributed by atoms with Crippen LogP contribution in [0.1, 0.15) is 16.2 Å². The summed E-state index contributed by atoms with van der Waals surface area (Å²) in [5.74, 6) is -5.58. The van der Waals surface area contributed by atoms with Crippen LogP contribution in [0.15, 0.2) is 40.8 Å². The predicted molar refractivity (Wildman–Crippen MR) is 82.0 cm³/mol. The Morgan fingerprint density at radius 1 is 0.962 bits per heavy atom. The molecular weight excluding hydrogens is 354 g/mol. The number of rotatable bonds is 5. The van der Waals surface area contributed by atoms with Crippen molar-refractivity contribution in [3.63, 3.8) is 0 Å². The lowest BCUT2D eigenvalue weighted by atomic mass is 10.2. The maximum Gasteiger partial charge on any atom is 0.254 e. The van der Waals surface area contributed by atoms with Gasteiger partial charge in [-0.1, -0.05) is 0 Å². The van der Waals surface area contributed by atoms with Crippen molar-refractivity contribution in [2.75, 3.05) is 6.54 Å².